The zero-order valence-electron chi connectivity index (χ0n) is 15.8. The molecule has 4 rings (SSSR count). The minimum Gasteiger partial charge on any atom is -0.487 e. The Labute approximate surface area is 171 Å². The lowest BCUT2D eigenvalue weighted by atomic mass is 9.83. The first-order valence-electron chi connectivity index (χ1n) is 9.37. The molecule has 0 aliphatic heterocycles. The Balaban J connectivity index is 1.58. The molecule has 2 atom stereocenters. The molecule has 0 unspecified atom stereocenters. The number of sulfonamides is 1. The first-order valence-corrected chi connectivity index (χ1v) is 10.9. The van der Waals surface area contributed by atoms with Crippen molar-refractivity contribution in [2.24, 2.45) is 0 Å². The van der Waals surface area contributed by atoms with Crippen molar-refractivity contribution in [2.45, 2.75) is 42.6 Å². The molecule has 1 fully saturated rings. The van der Waals surface area contributed by atoms with Crippen molar-refractivity contribution in [3.05, 3.63) is 60.3 Å². The van der Waals surface area contributed by atoms with Crippen molar-refractivity contribution in [1.82, 2.24) is 20.2 Å². The summed E-state index contributed by atoms with van der Waals surface area (Å²) >= 11 is 0. The number of hydrogen-bond donors (Lipinski definition) is 2. The number of benzene rings is 1. The highest BCUT2D eigenvalue weighted by atomic mass is 32.2. The quantitative estimate of drug-likeness (QED) is 0.614. The van der Waals surface area contributed by atoms with Gasteiger partial charge >= 0.3 is 0 Å². The lowest BCUT2D eigenvalue weighted by Gasteiger charge is -2.31. The van der Waals surface area contributed by atoms with Gasteiger partial charge in [0.1, 0.15) is 29.0 Å². The lowest BCUT2D eigenvalue weighted by Crippen LogP contribution is -2.29. The van der Waals surface area contributed by atoms with Gasteiger partial charge in [-0.05, 0) is 30.9 Å². The van der Waals surface area contributed by atoms with E-state index in [1.807, 2.05) is 0 Å². The predicted octanol–water partition coefficient (Wildman–Crippen LogP) is 3.38. The molecule has 158 valence electrons. The second kappa shape index (κ2) is 8.34. The van der Waals surface area contributed by atoms with E-state index in [0.717, 1.165) is 37.2 Å². The second-order valence-electron chi connectivity index (χ2n) is 6.99. The van der Waals surface area contributed by atoms with Crippen LogP contribution in [0.5, 0.6) is 5.75 Å². The molecule has 11 heteroatoms. The van der Waals surface area contributed by atoms with Crippen LogP contribution in [-0.2, 0) is 10.0 Å². The molecule has 0 amide bonds. The number of aromatic amines is 1. The van der Waals surface area contributed by atoms with Gasteiger partial charge in [0.2, 0.25) is 0 Å². The average Bonchev–Trinajstić information content (AvgIpc) is 3.26. The molecular weight excluding hydrogens is 416 g/mol. The van der Waals surface area contributed by atoms with E-state index in [1.54, 1.807) is 12.4 Å². The van der Waals surface area contributed by atoms with Crippen molar-refractivity contribution in [3.8, 4) is 5.75 Å². The molecule has 2 N–H and O–H groups in total. The van der Waals surface area contributed by atoms with Crippen LogP contribution in [0.25, 0.3) is 0 Å². The highest BCUT2D eigenvalue weighted by molar-refractivity contribution is 7.92. The van der Waals surface area contributed by atoms with Gasteiger partial charge in [-0.2, -0.15) is 5.10 Å². The van der Waals surface area contributed by atoms with E-state index in [0.29, 0.717) is 12.5 Å². The Morgan fingerprint density at radius 2 is 2.00 bits per heavy atom. The largest absolute Gasteiger partial charge is 0.487 e. The molecule has 3 aromatic rings. The van der Waals surface area contributed by atoms with Gasteiger partial charge in [-0.25, -0.2) is 27.2 Å². The third-order valence-electron chi connectivity index (χ3n) is 5.03. The number of aromatic nitrogens is 4. The van der Waals surface area contributed by atoms with Gasteiger partial charge in [0.25, 0.3) is 10.0 Å². The number of hydrogen-bond acceptors (Lipinski definition) is 6. The second-order valence-corrected chi connectivity index (χ2v) is 8.64. The Morgan fingerprint density at radius 1 is 1.17 bits per heavy atom. The molecular formula is C19H19F2N5O3S. The van der Waals surface area contributed by atoms with Crippen molar-refractivity contribution in [2.75, 3.05) is 4.72 Å². The fraction of sp³-hybridized carbons (Fsp3) is 0.316. The molecule has 2 aromatic heterocycles. The van der Waals surface area contributed by atoms with Crippen LogP contribution in [0.3, 0.4) is 0 Å². The average molecular weight is 435 g/mol. The summed E-state index contributed by atoms with van der Waals surface area (Å²) < 4.78 is 62.1. The first kappa shape index (κ1) is 20.2. The molecule has 2 heterocycles. The van der Waals surface area contributed by atoms with Crippen molar-refractivity contribution >= 4 is 15.8 Å². The van der Waals surface area contributed by atoms with E-state index in [9.17, 15) is 17.2 Å². The highest BCUT2D eigenvalue weighted by Crippen LogP contribution is 2.36. The van der Waals surface area contributed by atoms with Crippen LogP contribution >= 0.6 is 0 Å². The zero-order chi connectivity index (χ0) is 21.1. The fourth-order valence-corrected chi connectivity index (χ4v) is 4.68. The first-order chi connectivity index (χ1) is 14.4. The van der Waals surface area contributed by atoms with Crippen molar-refractivity contribution in [1.29, 1.82) is 0 Å². The third kappa shape index (κ3) is 4.25. The molecule has 1 aliphatic rings. The van der Waals surface area contributed by atoms with E-state index in [2.05, 4.69) is 24.9 Å². The Bertz CT molecular complexity index is 1110. The van der Waals surface area contributed by atoms with E-state index in [1.165, 1.54) is 12.3 Å². The molecule has 0 spiro atoms. The Morgan fingerprint density at radius 3 is 2.73 bits per heavy atom. The van der Waals surface area contributed by atoms with Crippen molar-refractivity contribution in [3.63, 3.8) is 0 Å². The van der Waals surface area contributed by atoms with Gasteiger partial charge in [-0.15, -0.1) is 0 Å². The van der Waals surface area contributed by atoms with Crippen molar-refractivity contribution < 1.29 is 21.9 Å². The number of nitrogens with zero attached hydrogens (tertiary/aromatic N) is 3. The summed E-state index contributed by atoms with van der Waals surface area (Å²) in [5, 5.41) is 6.70. The minimum atomic E-state index is -4.39. The van der Waals surface area contributed by atoms with Crippen LogP contribution in [0.2, 0.25) is 0 Å². The van der Waals surface area contributed by atoms with Gasteiger partial charge in [-0.3, -0.25) is 9.82 Å². The number of nitrogens with one attached hydrogen (secondary N) is 2. The standard InChI is InChI=1S/C19H19F2N5O3S/c20-14-8-18(30(27,28)26-19-5-6-22-11-23-19)15(21)7-17(14)29-16-4-2-1-3-13(16)12-9-24-25-10-12/h5-11,13,16H,1-4H2,(H,24,25)(H,22,23,26)/t13-,16+/m1/s1. The number of halogens is 2. The Kier molecular flexibility index (Phi) is 5.62. The molecule has 8 nitrogen and oxygen atoms in total. The minimum absolute atomic E-state index is 0.0113. The summed E-state index contributed by atoms with van der Waals surface area (Å²) in [5.41, 5.74) is 0.939. The van der Waals surface area contributed by atoms with Crippen LogP contribution in [0, 0.1) is 11.6 Å². The fourth-order valence-electron chi connectivity index (χ4n) is 3.60. The topological polar surface area (TPSA) is 110 Å². The van der Waals surface area contributed by atoms with E-state index >= 15 is 0 Å². The summed E-state index contributed by atoms with van der Waals surface area (Å²) in [6.45, 7) is 0. The Hall–Kier alpha value is -3.08. The van der Waals surface area contributed by atoms with Crippen LogP contribution < -0.4 is 9.46 Å². The van der Waals surface area contributed by atoms with Gasteiger partial charge in [-0.1, -0.05) is 6.42 Å². The number of rotatable bonds is 6. The number of ether oxygens (including phenoxy) is 1. The van der Waals surface area contributed by atoms with Crippen LogP contribution in [0.4, 0.5) is 14.6 Å². The SMILES string of the molecule is O=S(=O)(Nc1ccncn1)c1cc(F)c(O[C@H]2CCCC[C@@H]2c2cn[nH]c2)cc1F. The normalized spacial score (nSPS) is 19.4. The van der Waals surface area contributed by atoms with Gasteiger partial charge < -0.3 is 4.74 Å². The number of H-pyrrole nitrogens is 1. The van der Waals surface area contributed by atoms with Gasteiger partial charge in [0, 0.05) is 30.4 Å². The van der Waals surface area contributed by atoms with Crippen LogP contribution in [-0.4, -0.2) is 34.7 Å². The maximum Gasteiger partial charge on any atom is 0.266 e. The maximum absolute atomic E-state index is 14.7. The van der Waals surface area contributed by atoms with E-state index in [-0.39, 0.29) is 23.6 Å². The highest BCUT2D eigenvalue weighted by Gasteiger charge is 2.31. The monoisotopic (exact) mass is 435 g/mol. The molecule has 1 aromatic carbocycles. The van der Waals surface area contributed by atoms with E-state index in [4.69, 9.17) is 4.74 Å². The smallest absolute Gasteiger partial charge is 0.266 e. The molecule has 30 heavy (non-hydrogen) atoms. The predicted molar refractivity (Wildman–Crippen MR) is 103 cm³/mol. The molecule has 1 saturated carbocycles. The van der Waals surface area contributed by atoms with Crippen LogP contribution in [0.15, 0.2) is 48.0 Å². The van der Waals surface area contributed by atoms with Crippen LogP contribution in [0.1, 0.15) is 37.2 Å². The summed E-state index contributed by atoms with van der Waals surface area (Å²) in [6.07, 6.45) is 8.94. The lowest BCUT2D eigenvalue weighted by molar-refractivity contribution is 0.124. The van der Waals surface area contributed by atoms with E-state index < -0.39 is 26.6 Å². The van der Waals surface area contributed by atoms with Gasteiger partial charge in [0.15, 0.2) is 11.6 Å². The van der Waals surface area contributed by atoms with Gasteiger partial charge in [0.05, 0.1) is 6.20 Å². The molecule has 1 aliphatic carbocycles. The summed E-state index contributed by atoms with van der Waals surface area (Å²) in [6, 6.07) is 2.68. The molecule has 0 bridgehead atoms. The number of anilines is 1. The maximum atomic E-state index is 14.7. The third-order valence-corrected chi connectivity index (χ3v) is 6.39. The summed E-state index contributed by atoms with van der Waals surface area (Å²) in [7, 11) is -4.39. The summed E-state index contributed by atoms with van der Waals surface area (Å²) in [5.74, 6) is -2.48. The zero-order valence-corrected chi connectivity index (χ0v) is 16.6. The molecule has 0 radical (unpaired) electrons. The molecule has 0 saturated heterocycles. The summed E-state index contributed by atoms with van der Waals surface area (Å²) in [4.78, 5) is 6.56.